The number of pyridine rings is 1. The molecule has 1 aliphatic carbocycles. The van der Waals surface area contributed by atoms with Gasteiger partial charge in [-0.15, -0.1) is 13.2 Å². The Bertz CT molecular complexity index is 1040. The van der Waals surface area contributed by atoms with Crippen LogP contribution >= 0.6 is 0 Å². The van der Waals surface area contributed by atoms with Crippen LogP contribution in [0.3, 0.4) is 0 Å². The van der Waals surface area contributed by atoms with E-state index in [1.165, 1.54) is 17.0 Å². The molecular formula is C22H23F3N4O3. The molecule has 0 radical (unpaired) electrons. The number of alkyl halides is 3. The SMILES string of the molecule is CCN(CC)c1cc(N2C(=O)N(c3ccc(OC(F)(F)F)cc3)C(=O)C23CC3C)ccn1. The number of carbonyl (C=O) groups excluding carboxylic acids is 2. The third-order valence-electron chi connectivity index (χ3n) is 6.03. The maximum absolute atomic E-state index is 13.4. The number of anilines is 3. The van der Waals surface area contributed by atoms with E-state index < -0.39 is 23.7 Å². The highest BCUT2D eigenvalue weighted by Gasteiger charge is 2.70. The average Bonchev–Trinajstić information content (AvgIpc) is 3.35. The van der Waals surface area contributed by atoms with Gasteiger partial charge in [-0.1, -0.05) is 6.92 Å². The number of carbonyl (C=O) groups is 2. The molecular weight excluding hydrogens is 425 g/mol. The fraction of sp³-hybridized carbons (Fsp3) is 0.409. The third-order valence-corrected chi connectivity index (χ3v) is 6.03. The Morgan fingerprint density at radius 2 is 1.75 bits per heavy atom. The molecule has 4 rings (SSSR count). The molecule has 1 saturated heterocycles. The van der Waals surface area contributed by atoms with Gasteiger partial charge < -0.3 is 9.64 Å². The summed E-state index contributed by atoms with van der Waals surface area (Å²) in [6.07, 6.45) is -2.71. The van der Waals surface area contributed by atoms with E-state index in [-0.39, 0.29) is 17.5 Å². The fourth-order valence-electron chi connectivity index (χ4n) is 4.30. The van der Waals surface area contributed by atoms with Gasteiger partial charge in [0.15, 0.2) is 0 Å². The van der Waals surface area contributed by atoms with Crippen molar-refractivity contribution >= 4 is 29.1 Å². The predicted molar refractivity (Wildman–Crippen MR) is 113 cm³/mol. The van der Waals surface area contributed by atoms with Gasteiger partial charge in [0, 0.05) is 25.4 Å². The van der Waals surface area contributed by atoms with Crippen molar-refractivity contribution < 1.29 is 27.5 Å². The van der Waals surface area contributed by atoms with E-state index in [9.17, 15) is 22.8 Å². The molecule has 0 bridgehead atoms. The molecule has 2 heterocycles. The van der Waals surface area contributed by atoms with Crippen LogP contribution in [0.2, 0.25) is 0 Å². The summed E-state index contributed by atoms with van der Waals surface area (Å²) in [7, 11) is 0. The first-order chi connectivity index (χ1) is 15.1. The topological polar surface area (TPSA) is 66.0 Å². The van der Waals surface area contributed by atoms with Crippen LogP contribution in [0.4, 0.5) is 35.2 Å². The lowest BCUT2D eigenvalue weighted by molar-refractivity contribution is -0.274. The van der Waals surface area contributed by atoms with Crippen LogP contribution in [-0.4, -0.2) is 41.9 Å². The van der Waals surface area contributed by atoms with Crippen LogP contribution in [0.15, 0.2) is 42.6 Å². The Kier molecular flexibility index (Phi) is 5.26. The maximum atomic E-state index is 13.4. The smallest absolute Gasteiger partial charge is 0.406 e. The summed E-state index contributed by atoms with van der Waals surface area (Å²) in [6, 6.07) is 7.65. The molecule has 7 nitrogen and oxygen atoms in total. The highest BCUT2D eigenvalue weighted by molar-refractivity contribution is 6.31. The Labute approximate surface area is 183 Å². The Balaban J connectivity index is 1.69. The summed E-state index contributed by atoms with van der Waals surface area (Å²) in [6.45, 7) is 7.37. The molecule has 0 N–H and O–H groups in total. The number of imide groups is 1. The summed E-state index contributed by atoms with van der Waals surface area (Å²) in [5, 5.41) is 0. The normalized spacial score (nSPS) is 22.6. The van der Waals surface area contributed by atoms with Gasteiger partial charge in [0.1, 0.15) is 17.1 Å². The number of aromatic nitrogens is 1. The van der Waals surface area contributed by atoms with Crippen LogP contribution in [0, 0.1) is 5.92 Å². The summed E-state index contributed by atoms with van der Waals surface area (Å²) in [4.78, 5) is 35.7. The minimum atomic E-state index is -4.82. The highest BCUT2D eigenvalue weighted by atomic mass is 19.4. The number of halogens is 3. The summed E-state index contributed by atoms with van der Waals surface area (Å²) >= 11 is 0. The lowest BCUT2D eigenvalue weighted by Crippen LogP contribution is -2.39. The fourth-order valence-corrected chi connectivity index (χ4v) is 4.30. The van der Waals surface area contributed by atoms with Gasteiger partial charge in [0.25, 0.3) is 5.91 Å². The van der Waals surface area contributed by atoms with Crippen molar-refractivity contribution in [2.45, 2.75) is 39.1 Å². The van der Waals surface area contributed by atoms with E-state index in [4.69, 9.17) is 0 Å². The van der Waals surface area contributed by atoms with Gasteiger partial charge in [0.05, 0.1) is 11.4 Å². The Morgan fingerprint density at radius 3 is 2.28 bits per heavy atom. The van der Waals surface area contributed by atoms with Crippen LogP contribution in [0.5, 0.6) is 5.75 Å². The molecule has 1 spiro atoms. The molecule has 32 heavy (non-hydrogen) atoms. The van der Waals surface area contributed by atoms with E-state index in [2.05, 4.69) is 9.72 Å². The third kappa shape index (κ3) is 3.53. The predicted octanol–water partition coefficient (Wildman–Crippen LogP) is 4.58. The quantitative estimate of drug-likeness (QED) is 0.606. The second kappa shape index (κ2) is 7.68. The molecule has 2 atom stereocenters. The molecule has 2 aromatic rings. The second-order valence-corrected chi connectivity index (χ2v) is 7.87. The van der Waals surface area contributed by atoms with E-state index in [1.807, 2.05) is 25.7 Å². The van der Waals surface area contributed by atoms with Gasteiger partial charge in [-0.3, -0.25) is 9.69 Å². The average molecular weight is 448 g/mol. The van der Waals surface area contributed by atoms with Crippen LogP contribution in [-0.2, 0) is 4.79 Å². The molecule has 170 valence electrons. The largest absolute Gasteiger partial charge is 0.573 e. The molecule has 1 aromatic carbocycles. The number of urea groups is 1. The number of hydrogen-bond donors (Lipinski definition) is 0. The molecule has 2 fully saturated rings. The van der Waals surface area contributed by atoms with E-state index >= 15 is 0 Å². The number of ether oxygens (including phenoxy) is 1. The van der Waals surface area contributed by atoms with Gasteiger partial charge in [-0.25, -0.2) is 14.7 Å². The summed E-state index contributed by atoms with van der Waals surface area (Å²) in [5.41, 5.74) is -0.252. The van der Waals surface area contributed by atoms with Crippen molar-refractivity contribution in [2.24, 2.45) is 5.92 Å². The van der Waals surface area contributed by atoms with Crippen LogP contribution in [0.25, 0.3) is 0 Å². The van der Waals surface area contributed by atoms with Crippen molar-refractivity contribution in [3.8, 4) is 5.75 Å². The minimum absolute atomic E-state index is 0.0538. The molecule has 1 aliphatic heterocycles. The van der Waals surface area contributed by atoms with Gasteiger partial charge in [-0.05, 0) is 56.5 Å². The Morgan fingerprint density at radius 1 is 1.12 bits per heavy atom. The summed E-state index contributed by atoms with van der Waals surface area (Å²) < 4.78 is 41.2. The monoisotopic (exact) mass is 448 g/mol. The van der Waals surface area contributed by atoms with Crippen LogP contribution < -0.4 is 19.4 Å². The number of amides is 3. The van der Waals surface area contributed by atoms with E-state index in [1.54, 1.807) is 18.3 Å². The van der Waals surface area contributed by atoms with E-state index in [0.29, 0.717) is 17.9 Å². The summed E-state index contributed by atoms with van der Waals surface area (Å²) in [5.74, 6) is -0.171. The Hall–Kier alpha value is -3.30. The van der Waals surface area contributed by atoms with Gasteiger partial charge in [0.2, 0.25) is 0 Å². The zero-order chi connectivity index (χ0) is 23.3. The molecule has 1 saturated carbocycles. The van der Waals surface area contributed by atoms with Crippen molar-refractivity contribution in [3.63, 3.8) is 0 Å². The lowest BCUT2D eigenvalue weighted by Gasteiger charge is -2.25. The molecule has 2 aliphatic rings. The lowest BCUT2D eigenvalue weighted by atomic mass is 10.1. The maximum Gasteiger partial charge on any atom is 0.573 e. The van der Waals surface area contributed by atoms with Gasteiger partial charge >= 0.3 is 12.4 Å². The molecule has 3 amide bonds. The first-order valence-electron chi connectivity index (χ1n) is 10.4. The number of hydrogen-bond acceptors (Lipinski definition) is 5. The highest BCUT2D eigenvalue weighted by Crippen LogP contribution is 2.55. The zero-order valence-corrected chi connectivity index (χ0v) is 17.9. The minimum Gasteiger partial charge on any atom is -0.406 e. The second-order valence-electron chi connectivity index (χ2n) is 7.87. The molecule has 2 unspecified atom stereocenters. The molecule has 10 heteroatoms. The standard InChI is InChI=1S/C22H23F3N4O3/c1-4-27(5-2)18-12-16(10-11-26-18)29-20(31)28(19(30)21(29)13-14(21)3)15-6-8-17(9-7-15)32-22(23,24)25/h6-12,14H,4-5,13H2,1-3H3. The number of rotatable bonds is 6. The van der Waals surface area contributed by atoms with Crippen molar-refractivity contribution in [3.05, 3.63) is 42.6 Å². The first-order valence-corrected chi connectivity index (χ1v) is 10.4. The van der Waals surface area contributed by atoms with Crippen molar-refractivity contribution in [2.75, 3.05) is 27.8 Å². The van der Waals surface area contributed by atoms with Gasteiger partial charge in [-0.2, -0.15) is 0 Å². The zero-order valence-electron chi connectivity index (χ0n) is 17.9. The van der Waals surface area contributed by atoms with Crippen LogP contribution in [0.1, 0.15) is 27.2 Å². The van der Waals surface area contributed by atoms with E-state index in [0.717, 1.165) is 30.1 Å². The number of benzene rings is 1. The molecule has 1 aromatic heterocycles. The number of nitrogens with zero attached hydrogens (tertiary/aromatic N) is 4. The van der Waals surface area contributed by atoms with Crippen molar-refractivity contribution in [1.29, 1.82) is 0 Å². The van der Waals surface area contributed by atoms with Crippen molar-refractivity contribution in [1.82, 2.24) is 4.98 Å². The first kappa shape index (κ1) is 21.9.